The smallest absolute Gasteiger partial charge is 0.143 e. The number of hydrogen-bond donors (Lipinski definition) is 0. The van der Waals surface area contributed by atoms with Crippen molar-refractivity contribution in [2.45, 2.75) is 32.7 Å². The van der Waals surface area contributed by atoms with Crippen molar-refractivity contribution in [3.05, 3.63) is 52.8 Å². The number of halogens is 1. The molecule has 0 spiro atoms. The molecule has 0 aliphatic heterocycles. The molecular formula is C15H17ClN2O. The first-order chi connectivity index (χ1) is 9.04. The molecule has 100 valence electrons. The highest BCUT2D eigenvalue weighted by molar-refractivity contribution is 6.30. The van der Waals surface area contributed by atoms with Crippen molar-refractivity contribution in [3.63, 3.8) is 0 Å². The van der Waals surface area contributed by atoms with Gasteiger partial charge in [0.1, 0.15) is 5.78 Å². The third-order valence-corrected chi connectivity index (χ3v) is 3.14. The van der Waals surface area contributed by atoms with Gasteiger partial charge in [-0.25, -0.2) is 0 Å². The summed E-state index contributed by atoms with van der Waals surface area (Å²) in [5, 5.41) is 5.07. The van der Waals surface area contributed by atoms with E-state index in [9.17, 15) is 4.79 Å². The van der Waals surface area contributed by atoms with Crippen LogP contribution in [0.25, 0.3) is 0 Å². The molecule has 2 aromatic rings. The van der Waals surface area contributed by atoms with Gasteiger partial charge in [-0.3, -0.25) is 9.48 Å². The molecular weight excluding hydrogens is 260 g/mol. The van der Waals surface area contributed by atoms with E-state index in [1.807, 2.05) is 29.1 Å². The number of ketones is 1. The molecule has 0 N–H and O–H groups in total. The van der Waals surface area contributed by atoms with Crippen molar-refractivity contribution in [1.82, 2.24) is 9.78 Å². The summed E-state index contributed by atoms with van der Waals surface area (Å²) in [6.07, 6.45) is 2.71. The Hall–Kier alpha value is -1.61. The van der Waals surface area contributed by atoms with E-state index < -0.39 is 0 Å². The van der Waals surface area contributed by atoms with Crippen LogP contribution < -0.4 is 0 Å². The number of nitrogens with zero attached hydrogens (tertiary/aromatic N) is 2. The number of Topliss-reactive ketones (excluding diaryl/α,β-unsaturated/α-hetero) is 1. The van der Waals surface area contributed by atoms with Crippen LogP contribution in [0.1, 0.15) is 31.1 Å². The topological polar surface area (TPSA) is 34.9 Å². The highest BCUT2D eigenvalue weighted by Crippen LogP contribution is 2.11. The fraction of sp³-hybridized carbons (Fsp3) is 0.333. The van der Waals surface area contributed by atoms with Crippen LogP contribution in [0.5, 0.6) is 0 Å². The summed E-state index contributed by atoms with van der Waals surface area (Å²) in [4.78, 5) is 12.0. The van der Waals surface area contributed by atoms with Gasteiger partial charge in [0.05, 0.1) is 12.1 Å². The highest BCUT2D eigenvalue weighted by Gasteiger charge is 2.08. The summed E-state index contributed by atoms with van der Waals surface area (Å²) in [7, 11) is 0. The predicted molar refractivity (Wildman–Crippen MR) is 76.5 cm³/mol. The average molecular weight is 277 g/mol. The van der Waals surface area contributed by atoms with E-state index in [4.69, 9.17) is 11.6 Å². The van der Waals surface area contributed by atoms with Crippen molar-refractivity contribution >= 4 is 17.4 Å². The SMILES string of the molecule is CC(C)n1ccc(CC(=O)Cc2ccc(Cl)cc2)n1. The summed E-state index contributed by atoms with van der Waals surface area (Å²) < 4.78 is 1.87. The van der Waals surface area contributed by atoms with Gasteiger partial charge in [0.25, 0.3) is 0 Å². The van der Waals surface area contributed by atoms with E-state index in [-0.39, 0.29) is 5.78 Å². The molecule has 1 aromatic heterocycles. The number of aromatic nitrogens is 2. The lowest BCUT2D eigenvalue weighted by molar-refractivity contribution is -0.117. The molecule has 0 amide bonds. The Morgan fingerprint density at radius 2 is 1.89 bits per heavy atom. The van der Waals surface area contributed by atoms with Gasteiger partial charge >= 0.3 is 0 Å². The van der Waals surface area contributed by atoms with Gasteiger partial charge in [0.2, 0.25) is 0 Å². The zero-order chi connectivity index (χ0) is 13.8. The Balaban J connectivity index is 1.95. The minimum absolute atomic E-state index is 0.163. The van der Waals surface area contributed by atoms with Crippen molar-refractivity contribution in [2.24, 2.45) is 0 Å². The van der Waals surface area contributed by atoms with Crippen LogP contribution in [0, 0.1) is 0 Å². The summed E-state index contributed by atoms with van der Waals surface area (Å²) in [6.45, 7) is 4.12. The standard InChI is InChI=1S/C15H17ClN2O/c1-11(2)18-8-7-14(17-18)10-15(19)9-12-3-5-13(16)6-4-12/h3-8,11H,9-10H2,1-2H3. The predicted octanol–water partition coefficient (Wildman–Crippen LogP) is 3.47. The van der Waals surface area contributed by atoms with E-state index in [0.717, 1.165) is 11.3 Å². The molecule has 0 aliphatic rings. The monoisotopic (exact) mass is 276 g/mol. The number of rotatable bonds is 5. The molecule has 0 saturated heterocycles. The molecule has 0 atom stereocenters. The molecule has 0 aliphatic carbocycles. The Kier molecular flexibility index (Phi) is 4.38. The Labute approximate surface area is 118 Å². The molecule has 0 radical (unpaired) electrons. The highest BCUT2D eigenvalue weighted by atomic mass is 35.5. The maximum Gasteiger partial charge on any atom is 0.143 e. The summed E-state index contributed by atoms with van der Waals surface area (Å²) >= 11 is 5.81. The number of hydrogen-bond acceptors (Lipinski definition) is 2. The fourth-order valence-electron chi connectivity index (χ4n) is 1.85. The van der Waals surface area contributed by atoms with Crippen LogP contribution >= 0.6 is 11.6 Å². The maximum atomic E-state index is 12.0. The first kappa shape index (κ1) is 13.8. The lowest BCUT2D eigenvalue weighted by Gasteiger charge is -2.04. The molecule has 0 saturated carbocycles. The Morgan fingerprint density at radius 1 is 1.21 bits per heavy atom. The Bertz CT molecular complexity index is 558. The molecule has 0 unspecified atom stereocenters. The molecule has 0 bridgehead atoms. The molecule has 3 nitrogen and oxygen atoms in total. The van der Waals surface area contributed by atoms with Crippen molar-refractivity contribution in [2.75, 3.05) is 0 Å². The van der Waals surface area contributed by atoms with Crippen molar-refractivity contribution in [1.29, 1.82) is 0 Å². The lowest BCUT2D eigenvalue weighted by Crippen LogP contribution is -2.08. The molecule has 1 aromatic carbocycles. The van der Waals surface area contributed by atoms with Crippen LogP contribution in [-0.2, 0) is 17.6 Å². The summed E-state index contributed by atoms with van der Waals surface area (Å²) in [5.41, 5.74) is 1.81. The lowest BCUT2D eigenvalue weighted by atomic mass is 10.1. The van der Waals surface area contributed by atoms with Crippen LogP contribution in [0.15, 0.2) is 36.5 Å². The van der Waals surface area contributed by atoms with Gasteiger partial charge in [-0.1, -0.05) is 23.7 Å². The second-order valence-electron chi connectivity index (χ2n) is 4.90. The van der Waals surface area contributed by atoms with E-state index in [2.05, 4.69) is 18.9 Å². The van der Waals surface area contributed by atoms with Crippen LogP contribution in [0.4, 0.5) is 0 Å². The molecule has 0 fully saturated rings. The van der Waals surface area contributed by atoms with Crippen LogP contribution in [-0.4, -0.2) is 15.6 Å². The summed E-state index contributed by atoms with van der Waals surface area (Å²) in [6, 6.07) is 9.59. The van der Waals surface area contributed by atoms with Crippen molar-refractivity contribution in [3.8, 4) is 0 Å². The van der Waals surface area contributed by atoms with E-state index in [1.165, 1.54) is 0 Å². The average Bonchev–Trinajstić information content (AvgIpc) is 2.80. The van der Waals surface area contributed by atoms with Gasteiger partial charge in [-0.2, -0.15) is 5.10 Å². The number of benzene rings is 1. The Morgan fingerprint density at radius 3 is 2.47 bits per heavy atom. The van der Waals surface area contributed by atoms with E-state index in [1.54, 1.807) is 12.1 Å². The van der Waals surface area contributed by atoms with Gasteiger partial charge in [-0.05, 0) is 37.6 Å². The van der Waals surface area contributed by atoms with Crippen LogP contribution in [0.3, 0.4) is 0 Å². The van der Waals surface area contributed by atoms with Gasteiger partial charge in [-0.15, -0.1) is 0 Å². The zero-order valence-electron chi connectivity index (χ0n) is 11.1. The van der Waals surface area contributed by atoms with Gasteiger partial charge < -0.3 is 0 Å². The third kappa shape index (κ3) is 3.93. The zero-order valence-corrected chi connectivity index (χ0v) is 11.9. The maximum absolute atomic E-state index is 12.0. The van der Waals surface area contributed by atoms with Crippen molar-refractivity contribution < 1.29 is 4.79 Å². The molecule has 1 heterocycles. The normalized spacial score (nSPS) is 10.9. The third-order valence-electron chi connectivity index (χ3n) is 2.89. The number of carbonyl (C=O) groups is 1. The number of carbonyl (C=O) groups excluding carboxylic acids is 1. The van der Waals surface area contributed by atoms with E-state index in [0.29, 0.717) is 23.9 Å². The van der Waals surface area contributed by atoms with E-state index >= 15 is 0 Å². The molecule has 4 heteroatoms. The second kappa shape index (κ2) is 6.02. The van der Waals surface area contributed by atoms with Gasteiger partial charge in [0.15, 0.2) is 0 Å². The summed E-state index contributed by atoms with van der Waals surface area (Å²) in [5.74, 6) is 0.163. The first-order valence-electron chi connectivity index (χ1n) is 6.35. The first-order valence-corrected chi connectivity index (χ1v) is 6.72. The molecule has 19 heavy (non-hydrogen) atoms. The second-order valence-corrected chi connectivity index (χ2v) is 5.34. The van der Waals surface area contributed by atoms with Gasteiger partial charge in [0, 0.05) is 23.7 Å². The van der Waals surface area contributed by atoms with Crippen LogP contribution in [0.2, 0.25) is 5.02 Å². The molecule has 2 rings (SSSR count). The largest absolute Gasteiger partial charge is 0.299 e. The fourth-order valence-corrected chi connectivity index (χ4v) is 1.98. The minimum atomic E-state index is 0.163. The quantitative estimate of drug-likeness (QED) is 0.838. The minimum Gasteiger partial charge on any atom is -0.299 e.